The van der Waals surface area contributed by atoms with Crippen LogP contribution in [0.25, 0.3) is 22.3 Å². The molecule has 2 amide bonds. The minimum absolute atomic E-state index is 0.0116. The molecule has 1 fully saturated rings. The number of carbonyl (C=O) groups is 2. The van der Waals surface area contributed by atoms with E-state index in [0.29, 0.717) is 23.1 Å². The van der Waals surface area contributed by atoms with Crippen LogP contribution in [-0.2, 0) is 4.79 Å². The number of carbonyl (C=O) groups excluding carboxylic acids is 2. The largest absolute Gasteiger partial charge is 0.352 e. The van der Waals surface area contributed by atoms with Crippen LogP contribution in [0.15, 0.2) is 64.2 Å². The molecule has 8 nitrogen and oxygen atoms in total. The Morgan fingerprint density at radius 2 is 1.95 bits per heavy atom. The van der Waals surface area contributed by atoms with Gasteiger partial charge in [0.2, 0.25) is 0 Å². The normalized spacial score (nSPS) is 15.6. The monoisotopic (exact) mass is 530 g/mol. The van der Waals surface area contributed by atoms with Gasteiger partial charge in [0.05, 0.1) is 21.8 Å². The van der Waals surface area contributed by atoms with Crippen LogP contribution in [0.4, 0.5) is 0 Å². The minimum Gasteiger partial charge on any atom is -0.352 e. The summed E-state index contributed by atoms with van der Waals surface area (Å²) in [6.07, 6.45) is 11.1. The van der Waals surface area contributed by atoms with E-state index in [2.05, 4.69) is 24.7 Å². The lowest BCUT2D eigenvalue weighted by atomic mass is 9.92. The van der Waals surface area contributed by atoms with Crippen LogP contribution >= 0.6 is 23.1 Å². The van der Waals surface area contributed by atoms with Crippen LogP contribution in [0.1, 0.15) is 41.9 Å². The highest BCUT2D eigenvalue weighted by molar-refractivity contribution is 8.04. The Kier molecular flexibility index (Phi) is 6.75. The molecule has 10 heteroatoms. The van der Waals surface area contributed by atoms with Gasteiger partial charge in [-0.3, -0.25) is 19.0 Å². The second-order valence-electron chi connectivity index (χ2n) is 9.26. The minimum atomic E-state index is -0.0377. The molecule has 2 aliphatic heterocycles. The van der Waals surface area contributed by atoms with Crippen LogP contribution in [0.3, 0.4) is 0 Å². The van der Waals surface area contributed by atoms with E-state index in [0.717, 1.165) is 65.7 Å². The number of hydrogen-bond donors (Lipinski definition) is 1. The zero-order valence-electron chi connectivity index (χ0n) is 20.2. The summed E-state index contributed by atoms with van der Waals surface area (Å²) in [4.78, 5) is 41.3. The first-order valence-corrected chi connectivity index (χ1v) is 14.1. The summed E-state index contributed by atoms with van der Waals surface area (Å²) in [5.41, 5.74) is 3.33. The van der Waals surface area contributed by atoms with Crippen molar-refractivity contribution in [1.29, 1.82) is 0 Å². The number of likely N-dealkylation sites (tertiary alicyclic amines) is 1. The molecule has 0 radical (unpaired) electrons. The smallest absolute Gasteiger partial charge is 0.273 e. The van der Waals surface area contributed by atoms with Gasteiger partial charge in [-0.15, -0.1) is 11.3 Å². The Hall–Kier alpha value is -3.50. The van der Waals surface area contributed by atoms with Crippen molar-refractivity contribution in [3.63, 3.8) is 0 Å². The van der Waals surface area contributed by atoms with Crippen LogP contribution in [0, 0.1) is 5.92 Å². The van der Waals surface area contributed by atoms with Gasteiger partial charge in [0.25, 0.3) is 11.8 Å². The van der Waals surface area contributed by atoms with Crippen molar-refractivity contribution in [2.75, 3.05) is 19.6 Å². The van der Waals surface area contributed by atoms with E-state index in [1.807, 2.05) is 46.7 Å². The SMILES string of the molecule is O=C(NCCCC1CCN(C(=O)c2csc(-c3ccncc3)n2)CC1)C1=Cc2cnc3cccc(n23)S1. The molecule has 6 heterocycles. The number of nitrogens with zero attached hydrogens (tertiary/aromatic N) is 5. The second kappa shape index (κ2) is 10.5. The van der Waals surface area contributed by atoms with Gasteiger partial charge < -0.3 is 10.2 Å². The van der Waals surface area contributed by atoms with Gasteiger partial charge in [-0.05, 0) is 61.9 Å². The molecule has 0 aliphatic carbocycles. The number of thioether (sulfide) groups is 1. The maximum atomic E-state index is 13.0. The zero-order valence-corrected chi connectivity index (χ0v) is 21.8. The predicted octanol–water partition coefficient (Wildman–Crippen LogP) is 4.75. The van der Waals surface area contributed by atoms with E-state index in [4.69, 9.17) is 0 Å². The number of imidazole rings is 1. The first-order valence-electron chi connectivity index (χ1n) is 12.4. The summed E-state index contributed by atoms with van der Waals surface area (Å²) < 4.78 is 2.06. The molecule has 0 bridgehead atoms. The fourth-order valence-corrected chi connectivity index (χ4v) is 6.67. The van der Waals surface area contributed by atoms with Gasteiger partial charge in [-0.1, -0.05) is 17.8 Å². The van der Waals surface area contributed by atoms with Crippen molar-refractivity contribution in [1.82, 2.24) is 29.6 Å². The van der Waals surface area contributed by atoms with Crippen molar-refractivity contribution in [2.45, 2.75) is 30.7 Å². The number of nitrogens with one attached hydrogen (secondary N) is 1. The van der Waals surface area contributed by atoms with Gasteiger partial charge in [-0.25, -0.2) is 9.97 Å². The van der Waals surface area contributed by atoms with Crippen molar-refractivity contribution in [2.24, 2.45) is 5.92 Å². The maximum absolute atomic E-state index is 13.0. The fourth-order valence-electron chi connectivity index (χ4n) is 4.86. The van der Waals surface area contributed by atoms with Crippen molar-refractivity contribution >= 4 is 46.6 Å². The molecule has 4 aromatic heterocycles. The van der Waals surface area contributed by atoms with Gasteiger partial charge in [0.15, 0.2) is 0 Å². The number of rotatable bonds is 7. The predicted molar refractivity (Wildman–Crippen MR) is 145 cm³/mol. The highest BCUT2D eigenvalue weighted by Crippen LogP contribution is 2.34. The maximum Gasteiger partial charge on any atom is 0.273 e. The summed E-state index contributed by atoms with van der Waals surface area (Å²) in [7, 11) is 0. The summed E-state index contributed by atoms with van der Waals surface area (Å²) in [6, 6.07) is 9.74. The Labute approximate surface area is 222 Å². The molecule has 0 atom stereocenters. The molecule has 0 spiro atoms. The standard InChI is InChI=1S/C27H26N6O2S2/c34-25(22-15-20-16-30-23-4-1-5-24(37-22)33(20)23)29-10-2-3-18-8-13-32(14-9-18)27(35)21-17-36-26(31-21)19-6-11-28-12-7-19/h1,4-7,11-12,15-18H,2-3,8-10,13-14H2,(H,29,34). The molecule has 1 N–H and O–H groups in total. The molecular formula is C27H26N6O2S2. The van der Waals surface area contributed by atoms with Gasteiger partial charge in [0.1, 0.15) is 16.3 Å². The lowest BCUT2D eigenvalue weighted by molar-refractivity contribution is -0.116. The molecule has 1 saturated heterocycles. The Balaban J connectivity index is 0.943. The first kappa shape index (κ1) is 23.9. The van der Waals surface area contributed by atoms with Gasteiger partial charge >= 0.3 is 0 Å². The van der Waals surface area contributed by atoms with Crippen molar-refractivity contribution < 1.29 is 9.59 Å². The number of hydrogen-bond acceptors (Lipinski definition) is 7. The average Bonchev–Trinajstić information content (AvgIpc) is 3.60. The average molecular weight is 531 g/mol. The summed E-state index contributed by atoms with van der Waals surface area (Å²) in [5, 5.41) is 6.77. The molecule has 0 saturated carbocycles. The lowest BCUT2D eigenvalue weighted by Gasteiger charge is -2.31. The van der Waals surface area contributed by atoms with E-state index in [-0.39, 0.29) is 11.8 Å². The quantitative estimate of drug-likeness (QED) is 0.347. The highest BCUT2D eigenvalue weighted by Gasteiger charge is 2.25. The third kappa shape index (κ3) is 5.03. The number of amides is 2. The molecule has 4 aromatic rings. The van der Waals surface area contributed by atoms with E-state index >= 15 is 0 Å². The number of aromatic nitrogens is 4. The summed E-state index contributed by atoms with van der Waals surface area (Å²) in [5.74, 6) is 0.542. The van der Waals surface area contributed by atoms with E-state index in [9.17, 15) is 9.59 Å². The van der Waals surface area contributed by atoms with Crippen LogP contribution in [0.2, 0.25) is 0 Å². The molecule has 2 aliphatic rings. The topological polar surface area (TPSA) is 92.5 Å². The van der Waals surface area contributed by atoms with Crippen LogP contribution in [-0.4, -0.2) is 55.7 Å². The Bertz CT molecular complexity index is 1470. The fraction of sp³-hybridized carbons (Fsp3) is 0.296. The first-order chi connectivity index (χ1) is 18.2. The lowest BCUT2D eigenvalue weighted by Crippen LogP contribution is -2.38. The van der Waals surface area contributed by atoms with E-state index < -0.39 is 0 Å². The molecule has 37 heavy (non-hydrogen) atoms. The van der Waals surface area contributed by atoms with Crippen molar-refractivity contribution in [3.05, 3.63) is 70.6 Å². The highest BCUT2D eigenvalue weighted by atomic mass is 32.2. The van der Waals surface area contributed by atoms with Crippen LogP contribution < -0.4 is 5.32 Å². The summed E-state index contributed by atoms with van der Waals surface area (Å²) in [6.45, 7) is 2.15. The third-order valence-corrected chi connectivity index (χ3v) is 8.81. The zero-order chi connectivity index (χ0) is 25.2. The molecule has 0 unspecified atom stereocenters. The Morgan fingerprint density at radius 3 is 2.78 bits per heavy atom. The van der Waals surface area contributed by atoms with E-state index in [1.54, 1.807) is 18.6 Å². The number of pyridine rings is 2. The van der Waals surface area contributed by atoms with Gasteiger partial charge in [-0.2, -0.15) is 0 Å². The molecule has 6 rings (SSSR count). The van der Waals surface area contributed by atoms with Crippen molar-refractivity contribution in [3.8, 4) is 10.6 Å². The third-order valence-electron chi connectivity index (χ3n) is 6.87. The number of thiazole rings is 1. The number of piperidine rings is 1. The molecule has 188 valence electrons. The van der Waals surface area contributed by atoms with Crippen LogP contribution in [0.5, 0.6) is 0 Å². The molecule has 0 aromatic carbocycles. The van der Waals surface area contributed by atoms with E-state index in [1.165, 1.54) is 23.1 Å². The Morgan fingerprint density at radius 1 is 1.11 bits per heavy atom. The van der Waals surface area contributed by atoms with Gasteiger partial charge in [0, 0.05) is 43.0 Å². The summed E-state index contributed by atoms with van der Waals surface area (Å²) >= 11 is 2.96. The second-order valence-corrected chi connectivity index (χ2v) is 11.2. The molecular weight excluding hydrogens is 504 g/mol.